The number of carbonyl (C=O) groups is 3. The van der Waals surface area contributed by atoms with Crippen LogP contribution in [-0.4, -0.2) is 59.2 Å². The Morgan fingerprint density at radius 1 is 1.20 bits per heavy atom. The predicted molar refractivity (Wildman–Crippen MR) is 84.6 cm³/mol. The standard InChI is InChI=1S/C17H19F2N3O3/c1-2-3-13-17(25)22-5-4-21(9-14(22)15(23)20-13)16(24)10-6-11(18)8-12(19)7-10/h6-8,13-14H,2-5,9H2,1H3,(H,20,23)/t13-,14+/m0/s1. The van der Waals surface area contributed by atoms with Gasteiger partial charge >= 0.3 is 0 Å². The Kier molecular flexibility index (Phi) is 4.69. The molecule has 0 unspecified atom stereocenters. The third-order valence-electron chi connectivity index (χ3n) is 4.55. The first kappa shape index (κ1) is 17.3. The number of halogens is 2. The van der Waals surface area contributed by atoms with E-state index in [4.69, 9.17) is 0 Å². The highest BCUT2D eigenvalue weighted by Crippen LogP contribution is 2.20. The van der Waals surface area contributed by atoms with Crippen molar-refractivity contribution in [2.45, 2.75) is 31.8 Å². The molecule has 2 fully saturated rings. The largest absolute Gasteiger partial charge is 0.342 e. The second kappa shape index (κ2) is 6.78. The summed E-state index contributed by atoms with van der Waals surface area (Å²) in [7, 11) is 0. The smallest absolute Gasteiger partial charge is 0.254 e. The molecular weight excluding hydrogens is 332 g/mol. The third kappa shape index (κ3) is 3.33. The minimum absolute atomic E-state index is 0.00733. The zero-order valence-electron chi connectivity index (χ0n) is 13.8. The Hall–Kier alpha value is -2.51. The van der Waals surface area contributed by atoms with Crippen LogP contribution in [0.2, 0.25) is 0 Å². The summed E-state index contributed by atoms with van der Waals surface area (Å²) in [4.78, 5) is 40.1. The van der Waals surface area contributed by atoms with E-state index in [1.54, 1.807) is 0 Å². The average Bonchev–Trinajstić information content (AvgIpc) is 2.57. The lowest BCUT2D eigenvalue weighted by Gasteiger charge is -2.45. The van der Waals surface area contributed by atoms with Crippen LogP contribution in [0.4, 0.5) is 8.78 Å². The van der Waals surface area contributed by atoms with Crippen LogP contribution >= 0.6 is 0 Å². The summed E-state index contributed by atoms with van der Waals surface area (Å²) in [6, 6.07) is 1.32. The van der Waals surface area contributed by atoms with Crippen LogP contribution in [0.5, 0.6) is 0 Å². The number of nitrogens with zero attached hydrogens (tertiary/aromatic N) is 2. The van der Waals surface area contributed by atoms with Crippen molar-refractivity contribution in [3.05, 3.63) is 35.4 Å². The molecule has 1 aromatic rings. The summed E-state index contributed by atoms with van der Waals surface area (Å²) >= 11 is 0. The molecule has 2 aliphatic heterocycles. The highest BCUT2D eigenvalue weighted by Gasteiger charge is 2.43. The molecule has 0 bridgehead atoms. The van der Waals surface area contributed by atoms with E-state index in [1.807, 2.05) is 6.92 Å². The Bertz CT molecular complexity index is 705. The van der Waals surface area contributed by atoms with Gasteiger partial charge in [-0.2, -0.15) is 0 Å². The summed E-state index contributed by atoms with van der Waals surface area (Å²) in [6.07, 6.45) is 1.34. The molecule has 3 amide bonds. The van der Waals surface area contributed by atoms with E-state index in [1.165, 1.54) is 9.80 Å². The van der Waals surface area contributed by atoms with Crippen LogP contribution in [-0.2, 0) is 9.59 Å². The minimum atomic E-state index is -0.838. The second-order valence-electron chi connectivity index (χ2n) is 6.31. The molecule has 0 aliphatic carbocycles. The van der Waals surface area contributed by atoms with E-state index >= 15 is 0 Å². The van der Waals surface area contributed by atoms with Gasteiger partial charge in [0, 0.05) is 24.7 Å². The first-order valence-corrected chi connectivity index (χ1v) is 8.27. The lowest BCUT2D eigenvalue weighted by atomic mass is 10.0. The maximum absolute atomic E-state index is 13.3. The van der Waals surface area contributed by atoms with Gasteiger partial charge in [0.1, 0.15) is 23.7 Å². The Balaban J connectivity index is 1.75. The molecule has 0 aromatic heterocycles. The van der Waals surface area contributed by atoms with Gasteiger partial charge in [0.05, 0.1) is 6.54 Å². The molecule has 1 aromatic carbocycles. The molecular formula is C17H19F2N3O3. The van der Waals surface area contributed by atoms with Crippen LogP contribution < -0.4 is 5.32 Å². The summed E-state index contributed by atoms with van der Waals surface area (Å²) in [5, 5.41) is 2.70. The number of hydrogen-bond acceptors (Lipinski definition) is 3. The van der Waals surface area contributed by atoms with Gasteiger partial charge in [-0.1, -0.05) is 13.3 Å². The zero-order valence-corrected chi connectivity index (χ0v) is 13.8. The first-order valence-electron chi connectivity index (χ1n) is 8.27. The van der Waals surface area contributed by atoms with Crippen molar-refractivity contribution in [2.24, 2.45) is 0 Å². The number of amides is 3. The zero-order chi connectivity index (χ0) is 18.1. The number of piperazine rings is 2. The maximum atomic E-state index is 13.3. The molecule has 6 nitrogen and oxygen atoms in total. The van der Waals surface area contributed by atoms with Crippen molar-refractivity contribution < 1.29 is 23.2 Å². The van der Waals surface area contributed by atoms with Crippen LogP contribution in [0.25, 0.3) is 0 Å². The molecule has 134 valence electrons. The van der Waals surface area contributed by atoms with E-state index in [9.17, 15) is 23.2 Å². The topological polar surface area (TPSA) is 69.7 Å². The van der Waals surface area contributed by atoms with E-state index < -0.39 is 29.6 Å². The van der Waals surface area contributed by atoms with Crippen molar-refractivity contribution in [1.29, 1.82) is 0 Å². The minimum Gasteiger partial charge on any atom is -0.342 e. The number of carbonyl (C=O) groups excluding carboxylic acids is 3. The van der Waals surface area contributed by atoms with Crippen molar-refractivity contribution in [3.63, 3.8) is 0 Å². The van der Waals surface area contributed by atoms with E-state index in [2.05, 4.69) is 5.32 Å². The number of hydrogen-bond donors (Lipinski definition) is 1. The van der Waals surface area contributed by atoms with Gasteiger partial charge in [-0.15, -0.1) is 0 Å². The van der Waals surface area contributed by atoms with Gasteiger partial charge < -0.3 is 15.1 Å². The fourth-order valence-corrected chi connectivity index (χ4v) is 3.33. The number of rotatable bonds is 3. The molecule has 8 heteroatoms. The highest BCUT2D eigenvalue weighted by atomic mass is 19.1. The number of fused-ring (bicyclic) bond motifs is 1. The predicted octanol–water partition coefficient (Wildman–Crippen LogP) is 0.916. The fraction of sp³-hybridized carbons (Fsp3) is 0.471. The molecule has 2 aliphatic rings. The molecule has 1 N–H and O–H groups in total. The van der Waals surface area contributed by atoms with Crippen molar-refractivity contribution in [1.82, 2.24) is 15.1 Å². The monoisotopic (exact) mass is 351 g/mol. The Morgan fingerprint density at radius 3 is 2.52 bits per heavy atom. The molecule has 25 heavy (non-hydrogen) atoms. The summed E-state index contributed by atoms with van der Waals surface area (Å²) < 4.78 is 26.7. The lowest BCUT2D eigenvalue weighted by Crippen LogP contribution is -2.69. The van der Waals surface area contributed by atoms with Crippen LogP contribution in [0.1, 0.15) is 30.1 Å². The van der Waals surface area contributed by atoms with Gasteiger partial charge in [-0.3, -0.25) is 14.4 Å². The molecule has 2 heterocycles. The Morgan fingerprint density at radius 2 is 1.88 bits per heavy atom. The number of benzene rings is 1. The normalized spacial score (nSPS) is 23.3. The highest BCUT2D eigenvalue weighted by molar-refractivity contribution is 5.99. The molecule has 2 saturated heterocycles. The van der Waals surface area contributed by atoms with Crippen LogP contribution in [0.3, 0.4) is 0 Å². The fourth-order valence-electron chi connectivity index (χ4n) is 3.33. The SMILES string of the molecule is CCC[C@@H]1NC(=O)[C@H]2CN(C(=O)c3cc(F)cc(F)c3)CCN2C1=O. The summed E-state index contributed by atoms with van der Waals surface area (Å²) in [6.45, 7) is 2.37. The van der Waals surface area contributed by atoms with Crippen molar-refractivity contribution in [3.8, 4) is 0 Å². The first-order chi connectivity index (χ1) is 11.9. The number of nitrogens with one attached hydrogen (secondary N) is 1. The summed E-state index contributed by atoms with van der Waals surface area (Å²) in [5.41, 5.74) is -0.114. The molecule has 2 atom stereocenters. The Labute approximate surface area is 143 Å². The van der Waals surface area contributed by atoms with Gasteiger partial charge in [-0.25, -0.2) is 8.78 Å². The van der Waals surface area contributed by atoms with Gasteiger partial charge in [0.15, 0.2) is 0 Å². The lowest BCUT2D eigenvalue weighted by molar-refractivity contribution is -0.152. The second-order valence-corrected chi connectivity index (χ2v) is 6.31. The molecule has 0 saturated carbocycles. The quantitative estimate of drug-likeness (QED) is 0.880. The van der Waals surface area contributed by atoms with E-state index in [-0.39, 0.29) is 37.0 Å². The molecule has 0 spiro atoms. The van der Waals surface area contributed by atoms with Crippen LogP contribution in [0, 0.1) is 11.6 Å². The average molecular weight is 351 g/mol. The third-order valence-corrected chi connectivity index (χ3v) is 4.55. The van der Waals surface area contributed by atoms with Crippen LogP contribution in [0.15, 0.2) is 18.2 Å². The molecule has 0 radical (unpaired) electrons. The van der Waals surface area contributed by atoms with Gasteiger partial charge in [-0.05, 0) is 18.6 Å². The van der Waals surface area contributed by atoms with Crippen molar-refractivity contribution in [2.75, 3.05) is 19.6 Å². The van der Waals surface area contributed by atoms with Crippen molar-refractivity contribution >= 4 is 17.7 Å². The van der Waals surface area contributed by atoms with Gasteiger partial charge in [0.25, 0.3) is 5.91 Å². The van der Waals surface area contributed by atoms with Gasteiger partial charge in [0.2, 0.25) is 11.8 Å². The molecule has 3 rings (SSSR count). The van der Waals surface area contributed by atoms with E-state index in [0.717, 1.165) is 18.6 Å². The van der Waals surface area contributed by atoms with E-state index in [0.29, 0.717) is 12.5 Å². The summed E-state index contributed by atoms with van der Waals surface area (Å²) in [5.74, 6) is -2.68. The maximum Gasteiger partial charge on any atom is 0.254 e.